The van der Waals surface area contributed by atoms with Gasteiger partial charge in [-0.15, -0.1) is 6.58 Å². The molecule has 6 heteroatoms. The van der Waals surface area contributed by atoms with E-state index in [9.17, 15) is 8.42 Å². The maximum absolute atomic E-state index is 12.3. The zero-order valence-electron chi connectivity index (χ0n) is 11.8. The smallest absolute Gasteiger partial charge is 0.218 e. The molecule has 0 aliphatic rings. The molecule has 1 unspecified atom stereocenters. The highest BCUT2D eigenvalue weighted by atomic mass is 32.2. The number of hydrogen-bond donors (Lipinski definition) is 1. The first-order chi connectivity index (χ1) is 8.36. The van der Waals surface area contributed by atoms with Gasteiger partial charge in [0.1, 0.15) is 0 Å². The van der Waals surface area contributed by atoms with Gasteiger partial charge in [-0.1, -0.05) is 19.9 Å². The van der Waals surface area contributed by atoms with Gasteiger partial charge in [0.15, 0.2) is 0 Å². The van der Waals surface area contributed by atoms with Gasteiger partial charge in [-0.05, 0) is 6.92 Å². The summed E-state index contributed by atoms with van der Waals surface area (Å²) in [6, 6.07) is 0.273. The first-order valence-electron chi connectivity index (χ1n) is 6.18. The summed E-state index contributed by atoms with van der Waals surface area (Å²) in [5.74, 6) is 0. The molecular formula is C12H26N2O3S. The van der Waals surface area contributed by atoms with Crippen LogP contribution in [0.15, 0.2) is 12.7 Å². The van der Waals surface area contributed by atoms with Gasteiger partial charge in [-0.2, -0.15) is 4.31 Å². The normalized spacial score (nSPS) is 14.1. The van der Waals surface area contributed by atoms with Crippen LogP contribution in [0, 0.1) is 0 Å². The summed E-state index contributed by atoms with van der Waals surface area (Å²) < 4.78 is 31.0. The van der Waals surface area contributed by atoms with Crippen LogP contribution in [0.25, 0.3) is 0 Å². The molecule has 0 spiro atoms. The summed E-state index contributed by atoms with van der Waals surface area (Å²) >= 11 is 0. The molecule has 5 nitrogen and oxygen atoms in total. The molecule has 0 saturated carbocycles. The van der Waals surface area contributed by atoms with Crippen LogP contribution in [-0.4, -0.2) is 57.4 Å². The van der Waals surface area contributed by atoms with Crippen molar-refractivity contribution < 1.29 is 13.2 Å². The molecular weight excluding hydrogens is 252 g/mol. The highest BCUT2D eigenvalue weighted by Gasteiger charge is 2.27. The molecule has 0 fully saturated rings. The van der Waals surface area contributed by atoms with Crippen molar-refractivity contribution in [2.45, 2.75) is 32.1 Å². The average molecular weight is 278 g/mol. The number of rotatable bonds is 10. The molecule has 0 amide bonds. The van der Waals surface area contributed by atoms with Crippen molar-refractivity contribution in [3.8, 4) is 0 Å². The van der Waals surface area contributed by atoms with Gasteiger partial charge in [-0.25, -0.2) is 8.42 Å². The molecule has 18 heavy (non-hydrogen) atoms. The fourth-order valence-electron chi connectivity index (χ4n) is 1.42. The fourth-order valence-corrected chi connectivity index (χ4v) is 2.88. The summed E-state index contributed by atoms with van der Waals surface area (Å²) in [5, 5.41) is 2.68. The second-order valence-corrected chi connectivity index (χ2v) is 6.91. The molecule has 0 bridgehead atoms. The molecule has 0 saturated heterocycles. The van der Waals surface area contributed by atoms with Crippen LogP contribution in [0.4, 0.5) is 0 Å². The summed E-state index contributed by atoms with van der Waals surface area (Å²) in [5.41, 5.74) is 0. The van der Waals surface area contributed by atoms with Gasteiger partial charge in [0.25, 0.3) is 0 Å². The quantitative estimate of drug-likeness (QED) is 0.602. The van der Waals surface area contributed by atoms with Gasteiger partial charge in [0.05, 0.1) is 11.9 Å². The van der Waals surface area contributed by atoms with Crippen LogP contribution < -0.4 is 5.32 Å². The summed E-state index contributed by atoms with van der Waals surface area (Å²) in [4.78, 5) is 0. The molecule has 1 atom stereocenters. The number of methoxy groups -OCH3 is 1. The van der Waals surface area contributed by atoms with Crippen LogP contribution in [0.5, 0.6) is 0 Å². The van der Waals surface area contributed by atoms with Crippen LogP contribution in [-0.2, 0) is 14.8 Å². The van der Waals surface area contributed by atoms with Crippen LogP contribution >= 0.6 is 0 Å². The lowest BCUT2D eigenvalue weighted by molar-refractivity contribution is 0.181. The lowest BCUT2D eigenvalue weighted by Gasteiger charge is -2.25. The number of ether oxygens (including phenoxy) is 1. The Balaban J connectivity index is 4.65. The summed E-state index contributed by atoms with van der Waals surface area (Å²) in [6.45, 7) is 10.8. The fraction of sp³-hybridized carbons (Fsp3) is 0.833. The minimum absolute atomic E-state index is 0.273. The van der Waals surface area contributed by atoms with Crippen LogP contribution in [0.1, 0.15) is 20.8 Å². The van der Waals surface area contributed by atoms with Crippen molar-refractivity contribution in [1.82, 2.24) is 9.62 Å². The van der Waals surface area contributed by atoms with Crippen molar-refractivity contribution in [3.63, 3.8) is 0 Å². The van der Waals surface area contributed by atoms with Gasteiger partial charge < -0.3 is 10.1 Å². The van der Waals surface area contributed by atoms with E-state index in [1.54, 1.807) is 20.1 Å². The van der Waals surface area contributed by atoms with E-state index in [2.05, 4.69) is 11.9 Å². The van der Waals surface area contributed by atoms with Gasteiger partial charge >= 0.3 is 0 Å². The van der Waals surface area contributed by atoms with Crippen molar-refractivity contribution in [2.24, 2.45) is 0 Å². The summed E-state index contributed by atoms with van der Waals surface area (Å²) in [6.07, 6.45) is 1.59. The Morgan fingerprint density at radius 3 is 2.44 bits per heavy atom. The number of hydrogen-bond acceptors (Lipinski definition) is 4. The zero-order valence-corrected chi connectivity index (χ0v) is 12.7. The number of sulfonamides is 1. The van der Waals surface area contributed by atoms with E-state index in [0.29, 0.717) is 26.2 Å². The van der Waals surface area contributed by atoms with Gasteiger partial charge in [0.2, 0.25) is 10.0 Å². The van der Waals surface area contributed by atoms with E-state index in [1.165, 1.54) is 4.31 Å². The second-order valence-electron chi connectivity index (χ2n) is 4.56. The highest BCUT2D eigenvalue weighted by molar-refractivity contribution is 7.89. The Hall–Kier alpha value is -0.430. The maximum Gasteiger partial charge on any atom is 0.218 e. The lowest BCUT2D eigenvalue weighted by atomic mass is 10.3. The first-order valence-corrected chi connectivity index (χ1v) is 7.68. The maximum atomic E-state index is 12.3. The SMILES string of the molecule is C=CCN(CCOC)S(=O)(=O)C(C)CNC(C)C. The Morgan fingerprint density at radius 2 is 2.00 bits per heavy atom. The van der Waals surface area contributed by atoms with E-state index in [-0.39, 0.29) is 6.04 Å². The molecule has 0 aromatic rings. The molecule has 0 aromatic heterocycles. The number of nitrogens with zero attached hydrogens (tertiary/aromatic N) is 1. The molecule has 108 valence electrons. The second kappa shape index (κ2) is 8.63. The van der Waals surface area contributed by atoms with Crippen molar-refractivity contribution in [1.29, 1.82) is 0 Å². The van der Waals surface area contributed by atoms with E-state index < -0.39 is 15.3 Å². The van der Waals surface area contributed by atoms with Crippen molar-refractivity contribution in [2.75, 3.05) is 33.4 Å². The third kappa shape index (κ3) is 5.95. The van der Waals surface area contributed by atoms with E-state index >= 15 is 0 Å². The monoisotopic (exact) mass is 278 g/mol. The van der Waals surface area contributed by atoms with Crippen molar-refractivity contribution >= 4 is 10.0 Å². The van der Waals surface area contributed by atoms with Crippen molar-refractivity contribution in [3.05, 3.63) is 12.7 Å². The molecule has 0 aliphatic heterocycles. The molecule has 0 rings (SSSR count). The molecule has 0 radical (unpaired) electrons. The third-order valence-electron chi connectivity index (χ3n) is 2.56. The molecule has 0 aromatic carbocycles. The lowest BCUT2D eigenvalue weighted by Crippen LogP contribution is -2.44. The Kier molecular flexibility index (Phi) is 8.43. The number of nitrogens with one attached hydrogen (secondary N) is 1. The Labute approximate surface area is 111 Å². The van der Waals surface area contributed by atoms with Gasteiger partial charge in [0, 0.05) is 32.8 Å². The van der Waals surface area contributed by atoms with Crippen LogP contribution in [0.3, 0.4) is 0 Å². The average Bonchev–Trinajstić information content (AvgIpc) is 2.30. The highest BCUT2D eigenvalue weighted by Crippen LogP contribution is 2.08. The third-order valence-corrected chi connectivity index (χ3v) is 4.79. The van der Waals surface area contributed by atoms with Gasteiger partial charge in [-0.3, -0.25) is 0 Å². The molecule has 0 heterocycles. The zero-order chi connectivity index (χ0) is 14.2. The topological polar surface area (TPSA) is 58.6 Å². The van der Waals surface area contributed by atoms with Crippen LogP contribution in [0.2, 0.25) is 0 Å². The Bertz CT molecular complexity index is 328. The minimum Gasteiger partial charge on any atom is -0.383 e. The van der Waals surface area contributed by atoms with E-state index in [0.717, 1.165) is 0 Å². The molecule has 0 aliphatic carbocycles. The standard InChI is InChI=1S/C12H26N2O3S/c1-6-7-14(8-9-17-5)18(15,16)12(4)10-13-11(2)3/h6,11-13H,1,7-10H2,2-5H3. The predicted octanol–water partition coefficient (Wildman–Crippen LogP) is 0.837. The Morgan fingerprint density at radius 1 is 1.39 bits per heavy atom. The molecule has 1 N–H and O–H groups in total. The minimum atomic E-state index is -3.31. The largest absolute Gasteiger partial charge is 0.383 e. The summed E-state index contributed by atoms with van der Waals surface area (Å²) in [7, 11) is -1.75. The van der Waals surface area contributed by atoms with E-state index in [4.69, 9.17) is 4.74 Å². The first kappa shape index (κ1) is 17.6. The van der Waals surface area contributed by atoms with E-state index in [1.807, 2.05) is 13.8 Å². The predicted molar refractivity (Wildman–Crippen MR) is 75.2 cm³/mol.